The van der Waals surface area contributed by atoms with Crippen molar-refractivity contribution in [3.63, 3.8) is 0 Å². The molecule has 3 heterocycles. The molecule has 0 spiro atoms. The largest absolute Gasteiger partial charge is 0.474 e. The molecule has 1 atom stereocenters. The van der Waals surface area contributed by atoms with E-state index in [0.717, 1.165) is 78.8 Å². The van der Waals surface area contributed by atoms with Crippen LogP contribution < -0.4 is 20.7 Å². The third-order valence-electron chi connectivity index (χ3n) is 9.28. The minimum atomic E-state index is -0.499. The molecule has 1 saturated carbocycles. The molecule has 46 heavy (non-hydrogen) atoms. The van der Waals surface area contributed by atoms with Gasteiger partial charge in [-0.3, -0.25) is 4.79 Å². The van der Waals surface area contributed by atoms with Crippen LogP contribution in [0.25, 0.3) is 10.2 Å². The Labute approximate surface area is 275 Å². The van der Waals surface area contributed by atoms with Gasteiger partial charge in [-0.05, 0) is 109 Å². The number of hydrogen-bond donors (Lipinski definition) is 2. The minimum Gasteiger partial charge on any atom is -0.474 e. The first-order chi connectivity index (χ1) is 21.9. The van der Waals surface area contributed by atoms with Gasteiger partial charge in [0.1, 0.15) is 16.5 Å². The van der Waals surface area contributed by atoms with Gasteiger partial charge in [0.05, 0.1) is 5.39 Å². The molecule has 1 aromatic carbocycles. The van der Waals surface area contributed by atoms with Crippen molar-refractivity contribution in [1.82, 2.24) is 19.8 Å². The molecule has 1 aliphatic heterocycles. The number of amides is 2. The standard InChI is InChI=1S/C34H47N7O4S/c1-34(2,3)45-33(43)41-18-16-40(17-19-41)24-9-7-22(8-10-24)36-32-37-30(44-25-13-11-23(12-14-25)39(4)5)29-28-21(20-27(35)42)6-15-26(28)46-31(29)38-32/h7-10,21,23,25H,6,11-20H2,1-5H3,(H2,35,42)(H,36,37,38). The third-order valence-corrected chi connectivity index (χ3v) is 10.4. The second-order valence-corrected chi connectivity index (χ2v) is 15.1. The fraction of sp³-hybridized carbons (Fsp3) is 0.588. The van der Waals surface area contributed by atoms with Crippen LogP contribution in [0.4, 0.5) is 22.1 Å². The van der Waals surface area contributed by atoms with E-state index in [9.17, 15) is 9.59 Å². The van der Waals surface area contributed by atoms with Gasteiger partial charge >= 0.3 is 6.09 Å². The number of benzene rings is 1. The Balaban J connectivity index is 1.18. The number of ether oxygens (including phenoxy) is 2. The monoisotopic (exact) mass is 649 g/mol. The number of fused-ring (bicyclic) bond motifs is 3. The maximum Gasteiger partial charge on any atom is 0.410 e. The van der Waals surface area contributed by atoms with Gasteiger partial charge in [0.2, 0.25) is 17.7 Å². The lowest BCUT2D eigenvalue weighted by Crippen LogP contribution is -2.50. The van der Waals surface area contributed by atoms with E-state index in [1.807, 2.05) is 32.9 Å². The summed E-state index contributed by atoms with van der Waals surface area (Å²) in [6, 6.07) is 8.80. The predicted molar refractivity (Wildman–Crippen MR) is 182 cm³/mol. The molecular weight excluding hydrogens is 602 g/mol. The number of nitrogens with zero attached hydrogens (tertiary/aromatic N) is 5. The van der Waals surface area contributed by atoms with Crippen LogP contribution in [0, 0.1) is 0 Å². The van der Waals surface area contributed by atoms with Crippen LogP contribution >= 0.6 is 11.3 Å². The smallest absolute Gasteiger partial charge is 0.410 e. The first kappa shape index (κ1) is 32.3. The number of piperazine rings is 1. The number of nitrogens with one attached hydrogen (secondary N) is 1. The Hall–Kier alpha value is -3.64. The van der Waals surface area contributed by atoms with Crippen LogP contribution in [0.15, 0.2) is 24.3 Å². The summed E-state index contributed by atoms with van der Waals surface area (Å²) < 4.78 is 12.2. The number of aryl methyl sites for hydroxylation is 1. The number of aromatic nitrogens is 2. The SMILES string of the molecule is CN(C)C1CCC(Oc2nc(Nc3ccc(N4CCN(C(=O)OC(C)(C)C)CC4)cc3)nc3sc4c(c23)C(CC(N)=O)CC4)CC1. The Bertz CT molecular complexity index is 1550. The second-order valence-electron chi connectivity index (χ2n) is 14.0. The summed E-state index contributed by atoms with van der Waals surface area (Å²) in [6.07, 6.45) is 6.11. The van der Waals surface area contributed by atoms with E-state index in [4.69, 9.17) is 25.2 Å². The van der Waals surface area contributed by atoms with Crippen LogP contribution in [0.5, 0.6) is 5.88 Å². The lowest BCUT2D eigenvalue weighted by molar-refractivity contribution is -0.118. The van der Waals surface area contributed by atoms with Gasteiger partial charge in [-0.1, -0.05) is 0 Å². The van der Waals surface area contributed by atoms with E-state index >= 15 is 0 Å². The number of carbonyl (C=O) groups is 2. The summed E-state index contributed by atoms with van der Waals surface area (Å²) in [6.45, 7) is 8.38. The zero-order valence-corrected chi connectivity index (χ0v) is 28.5. The summed E-state index contributed by atoms with van der Waals surface area (Å²) >= 11 is 1.68. The number of primary amides is 1. The average molecular weight is 650 g/mol. The quantitative estimate of drug-likeness (QED) is 0.318. The van der Waals surface area contributed by atoms with E-state index in [1.54, 1.807) is 16.2 Å². The van der Waals surface area contributed by atoms with Crippen molar-refractivity contribution in [3.8, 4) is 5.88 Å². The lowest BCUT2D eigenvalue weighted by atomic mass is 9.92. The second kappa shape index (κ2) is 13.2. The number of hydrogen-bond acceptors (Lipinski definition) is 10. The molecule has 1 unspecified atom stereocenters. The Morgan fingerprint density at radius 2 is 1.72 bits per heavy atom. The van der Waals surface area contributed by atoms with Crippen molar-refractivity contribution in [2.24, 2.45) is 5.73 Å². The van der Waals surface area contributed by atoms with Crippen LogP contribution in [-0.4, -0.2) is 89.8 Å². The zero-order valence-electron chi connectivity index (χ0n) is 27.7. The van der Waals surface area contributed by atoms with E-state index < -0.39 is 5.60 Å². The maximum absolute atomic E-state index is 12.5. The molecule has 1 saturated heterocycles. The minimum absolute atomic E-state index is 0.0778. The Morgan fingerprint density at radius 1 is 1.02 bits per heavy atom. The third kappa shape index (κ3) is 7.33. The first-order valence-corrected chi connectivity index (χ1v) is 17.3. The van der Waals surface area contributed by atoms with Crippen molar-refractivity contribution in [2.45, 2.75) is 89.4 Å². The van der Waals surface area contributed by atoms with Gasteiger partial charge in [-0.25, -0.2) is 9.78 Å². The van der Waals surface area contributed by atoms with Crippen molar-refractivity contribution in [2.75, 3.05) is 50.5 Å². The predicted octanol–water partition coefficient (Wildman–Crippen LogP) is 5.65. The highest BCUT2D eigenvalue weighted by Gasteiger charge is 2.33. The van der Waals surface area contributed by atoms with Crippen molar-refractivity contribution >= 4 is 50.9 Å². The van der Waals surface area contributed by atoms with Gasteiger partial charge in [-0.2, -0.15) is 4.98 Å². The molecule has 2 amide bonds. The fourth-order valence-corrected chi connectivity index (χ4v) is 8.15. The topological polar surface area (TPSA) is 126 Å². The Morgan fingerprint density at radius 3 is 2.35 bits per heavy atom. The molecule has 0 radical (unpaired) electrons. The molecule has 3 N–H and O–H groups in total. The molecule has 11 nitrogen and oxygen atoms in total. The molecule has 3 aliphatic rings. The molecule has 248 valence electrons. The molecular formula is C34H47N7O4S. The van der Waals surface area contributed by atoms with Crippen LogP contribution in [0.2, 0.25) is 0 Å². The number of thiophene rings is 1. The lowest BCUT2D eigenvalue weighted by Gasteiger charge is -2.36. The number of anilines is 3. The van der Waals surface area contributed by atoms with Crippen molar-refractivity contribution < 1.29 is 19.1 Å². The van der Waals surface area contributed by atoms with E-state index in [-0.39, 0.29) is 24.0 Å². The van der Waals surface area contributed by atoms with E-state index in [0.29, 0.717) is 37.4 Å². The number of carbonyl (C=O) groups excluding carboxylic acids is 2. The molecule has 2 fully saturated rings. The average Bonchev–Trinajstić information content (AvgIpc) is 3.56. The summed E-state index contributed by atoms with van der Waals surface area (Å²) in [5.74, 6) is 0.895. The molecule has 3 aromatic rings. The van der Waals surface area contributed by atoms with Crippen molar-refractivity contribution in [1.29, 1.82) is 0 Å². The maximum atomic E-state index is 12.5. The van der Waals surface area contributed by atoms with Gasteiger partial charge in [0.25, 0.3) is 0 Å². The molecule has 0 bridgehead atoms. The van der Waals surface area contributed by atoms with Gasteiger partial charge in [0.15, 0.2) is 0 Å². The number of rotatable bonds is 8. The highest BCUT2D eigenvalue weighted by atomic mass is 32.1. The van der Waals surface area contributed by atoms with Gasteiger partial charge < -0.3 is 35.2 Å². The van der Waals surface area contributed by atoms with E-state index in [2.05, 4.69) is 41.3 Å². The normalized spacial score (nSPS) is 21.8. The highest BCUT2D eigenvalue weighted by molar-refractivity contribution is 7.19. The first-order valence-electron chi connectivity index (χ1n) is 16.5. The highest BCUT2D eigenvalue weighted by Crippen LogP contribution is 2.48. The summed E-state index contributed by atoms with van der Waals surface area (Å²) in [5.41, 5.74) is 8.26. The summed E-state index contributed by atoms with van der Waals surface area (Å²) in [7, 11) is 4.29. The van der Waals surface area contributed by atoms with Gasteiger partial charge in [-0.15, -0.1) is 11.3 Å². The van der Waals surface area contributed by atoms with E-state index in [1.165, 1.54) is 4.88 Å². The summed E-state index contributed by atoms with van der Waals surface area (Å²) in [5, 5.41) is 4.36. The van der Waals surface area contributed by atoms with Crippen molar-refractivity contribution in [3.05, 3.63) is 34.7 Å². The molecule has 6 rings (SSSR count). The number of nitrogens with two attached hydrogens (primary N) is 1. The fourth-order valence-electron chi connectivity index (χ4n) is 6.89. The molecule has 12 heteroatoms. The zero-order chi connectivity index (χ0) is 32.6. The Kier molecular flexibility index (Phi) is 9.29. The van der Waals surface area contributed by atoms with Crippen LogP contribution in [0.3, 0.4) is 0 Å². The molecule has 2 aliphatic carbocycles. The van der Waals surface area contributed by atoms with Gasteiger partial charge in [0, 0.05) is 54.9 Å². The van der Waals surface area contributed by atoms with Crippen LogP contribution in [-0.2, 0) is 16.0 Å². The molecule has 2 aromatic heterocycles. The van der Waals surface area contributed by atoms with Crippen LogP contribution in [0.1, 0.15) is 75.7 Å². The summed E-state index contributed by atoms with van der Waals surface area (Å²) in [4.78, 5) is 42.7.